The molecule has 2 rings (SSSR count). The third-order valence-electron chi connectivity index (χ3n) is 1.96. The van der Waals surface area contributed by atoms with Gasteiger partial charge in [0.1, 0.15) is 5.82 Å². The molecule has 2 nitrogen and oxygen atoms in total. The van der Waals surface area contributed by atoms with Crippen LogP contribution in [0.1, 0.15) is 12.6 Å². The Bertz CT molecular complexity index is 274. The fourth-order valence-corrected chi connectivity index (χ4v) is 1.36. The molecular weight excluding hydrogens is 148 g/mol. The van der Waals surface area contributed by atoms with Crippen LogP contribution in [0.3, 0.4) is 0 Å². The van der Waals surface area contributed by atoms with Gasteiger partial charge in [0.25, 0.3) is 0 Å². The summed E-state index contributed by atoms with van der Waals surface area (Å²) in [5.41, 5.74) is 2.75. The Morgan fingerprint density at radius 3 is 3.00 bits per heavy atom. The predicted molar refractivity (Wildman–Crippen MR) is 54.5 cm³/mol. The SMILES string of the molecule is C=C.Cc1ccnc2c1CCN2.[HH]. The predicted octanol–water partition coefficient (Wildman–Crippen LogP) is 2.41. The minimum absolute atomic E-state index is 0. The van der Waals surface area contributed by atoms with E-state index in [-0.39, 0.29) is 1.43 Å². The molecule has 0 bridgehead atoms. The van der Waals surface area contributed by atoms with Crippen molar-refractivity contribution in [1.29, 1.82) is 0 Å². The summed E-state index contributed by atoms with van der Waals surface area (Å²) in [7, 11) is 0. The van der Waals surface area contributed by atoms with Crippen molar-refractivity contribution in [2.24, 2.45) is 0 Å². The van der Waals surface area contributed by atoms with E-state index in [9.17, 15) is 0 Å². The van der Waals surface area contributed by atoms with Gasteiger partial charge >= 0.3 is 0 Å². The molecule has 2 heteroatoms. The lowest BCUT2D eigenvalue weighted by Gasteiger charge is -1.99. The molecule has 0 radical (unpaired) electrons. The highest BCUT2D eigenvalue weighted by Gasteiger charge is 2.11. The monoisotopic (exact) mass is 164 g/mol. The van der Waals surface area contributed by atoms with Crippen LogP contribution in [0.5, 0.6) is 0 Å². The average Bonchev–Trinajstić information content (AvgIpc) is 2.57. The second-order valence-electron chi connectivity index (χ2n) is 2.63. The Morgan fingerprint density at radius 1 is 1.58 bits per heavy atom. The molecule has 66 valence electrons. The molecular formula is C10H16N2. The van der Waals surface area contributed by atoms with Crippen molar-refractivity contribution in [3.05, 3.63) is 36.5 Å². The molecule has 0 amide bonds. The van der Waals surface area contributed by atoms with Gasteiger partial charge in [-0.25, -0.2) is 4.98 Å². The van der Waals surface area contributed by atoms with E-state index in [1.165, 1.54) is 11.1 Å². The molecule has 0 saturated heterocycles. The van der Waals surface area contributed by atoms with Crippen LogP contribution < -0.4 is 5.32 Å². The number of aryl methyl sites for hydroxylation is 1. The van der Waals surface area contributed by atoms with Gasteiger partial charge in [-0.1, -0.05) is 0 Å². The van der Waals surface area contributed by atoms with E-state index in [0.717, 1.165) is 18.8 Å². The molecule has 1 aromatic rings. The lowest BCUT2D eigenvalue weighted by atomic mass is 10.1. The zero-order valence-electron chi connectivity index (χ0n) is 7.43. The van der Waals surface area contributed by atoms with Gasteiger partial charge < -0.3 is 5.32 Å². The highest BCUT2D eigenvalue weighted by molar-refractivity contribution is 5.52. The van der Waals surface area contributed by atoms with Crippen molar-refractivity contribution in [2.45, 2.75) is 13.3 Å². The van der Waals surface area contributed by atoms with Gasteiger partial charge in [0.2, 0.25) is 0 Å². The fraction of sp³-hybridized carbons (Fsp3) is 0.300. The van der Waals surface area contributed by atoms with Crippen molar-refractivity contribution in [1.82, 2.24) is 4.98 Å². The van der Waals surface area contributed by atoms with E-state index < -0.39 is 0 Å². The number of hydrogen-bond acceptors (Lipinski definition) is 2. The minimum atomic E-state index is 0. The molecule has 0 aliphatic carbocycles. The molecule has 1 N–H and O–H groups in total. The first-order valence-corrected chi connectivity index (χ1v) is 4.06. The first-order valence-electron chi connectivity index (χ1n) is 4.06. The number of rotatable bonds is 0. The summed E-state index contributed by atoms with van der Waals surface area (Å²) in [6, 6.07) is 2.06. The molecule has 0 unspecified atom stereocenters. The smallest absolute Gasteiger partial charge is 0.129 e. The number of fused-ring (bicyclic) bond motifs is 1. The van der Waals surface area contributed by atoms with Gasteiger partial charge in [-0.15, -0.1) is 13.2 Å². The van der Waals surface area contributed by atoms with Crippen LogP contribution in [0.25, 0.3) is 0 Å². The highest BCUT2D eigenvalue weighted by atomic mass is 15.0. The molecule has 1 aromatic heterocycles. The summed E-state index contributed by atoms with van der Waals surface area (Å²) in [6.07, 6.45) is 2.99. The van der Waals surface area contributed by atoms with Gasteiger partial charge in [0.15, 0.2) is 0 Å². The number of anilines is 1. The van der Waals surface area contributed by atoms with Crippen LogP contribution in [0.4, 0.5) is 5.82 Å². The fourth-order valence-electron chi connectivity index (χ4n) is 1.36. The van der Waals surface area contributed by atoms with E-state index in [2.05, 4.69) is 36.4 Å². The van der Waals surface area contributed by atoms with Crippen molar-refractivity contribution < 1.29 is 1.43 Å². The lowest BCUT2D eigenvalue weighted by Crippen LogP contribution is -1.92. The summed E-state index contributed by atoms with van der Waals surface area (Å²) in [5.74, 6) is 1.08. The van der Waals surface area contributed by atoms with E-state index in [1.54, 1.807) is 0 Å². The van der Waals surface area contributed by atoms with Crippen LogP contribution in [-0.4, -0.2) is 11.5 Å². The largest absolute Gasteiger partial charge is 0.370 e. The first kappa shape index (κ1) is 8.78. The zero-order valence-corrected chi connectivity index (χ0v) is 7.43. The van der Waals surface area contributed by atoms with Crippen molar-refractivity contribution >= 4 is 5.82 Å². The molecule has 1 aliphatic heterocycles. The minimum Gasteiger partial charge on any atom is -0.370 e. The molecule has 12 heavy (non-hydrogen) atoms. The maximum Gasteiger partial charge on any atom is 0.129 e. The average molecular weight is 164 g/mol. The molecule has 2 heterocycles. The third kappa shape index (κ3) is 1.47. The second kappa shape index (κ2) is 3.90. The normalized spacial score (nSPS) is 12.4. The van der Waals surface area contributed by atoms with E-state index in [1.807, 2.05) is 6.20 Å². The quantitative estimate of drug-likeness (QED) is 0.596. The Hall–Kier alpha value is -1.31. The summed E-state index contributed by atoms with van der Waals surface area (Å²) < 4.78 is 0. The van der Waals surface area contributed by atoms with Crippen molar-refractivity contribution in [3.63, 3.8) is 0 Å². The molecule has 0 aromatic carbocycles. The van der Waals surface area contributed by atoms with Crippen LogP contribution in [-0.2, 0) is 6.42 Å². The van der Waals surface area contributed by atoms with Crippen molar-refractivity contribution in [3.8, 4) is 0 Å². The van der Waals surface area contributed by atoms with Crippen molar-refractivity contribution in [2.75, 3.05) is 11.9 Å². The third-order valence-corrected chi connectivity index (χ3v) is 1.96. The summed E-state index contributed by atoms with van der Waals surface area (Å²) in [5, 5.41) is 3.23. The summed E-state index contributed by atoms with van der Waals surface area (Å²) >= 11 is 0. The van der Waals surface area contributed by atoms with Gasteiger partial charge in [0.05, 0.1) is 0 Å². The maximum atomic E-state index is 4.21. The molecule has 0 atom stereocenters. The van der Waals surface area contributed by atoms with Gasteiger partial charge in [-0.3, -0.25) is 0 Å². The van der Waals surface area contributed by atoms with Crippen LogP contribution in [0.2, 0.25) is 0 Å². The molecule has 1 aliphatic rings. The van der Waals surface area contributed by atoms with E-state index in [0.29, 0.717) is 0 Å². The number of pyridine rings is 1. The second-order valence-corrected chi connectivity index (χ2v) is 2.63. The molecule has 0 saturated carbocycles. The molecule has 0 fully saturated rings. The van der Waals surface area contributed by atoms with Gasteiger partial charge in [0, 0.05) is 14.2 Å². The summed E-state index contributed by atoms with van der Waals surface area (Å²) in [4.78, 5) is 4.21. The molecule has 0 spiro atoms. The Balaban J connectivity index is 0.000000451. The number of nitrogens with zero attached hydrogens (tertiary/aromatic N) is 1. The highest BCUT2D eigenvalue weighted by Crippen LogP contribution is 2.21. The first-order chi connectivity index (χ1) is 5.88. The Morgan fingerprint density at radius 2 is 2.33 bits per heavy atom. The summed E-state index contributed by atoms with van der Waals surface area (Å²) in [6.45, 7) is 9.18. The Labute approximate surface area is 74.8 Å². The van der Waals surface area contributed by atoms with Crippen LogP contribution in [0, 0.1) is 6.92 Å². The van der Waals surface area contributed by atoms with Gasteiger partial charge in [-0.05, 0) is 30.5 Å². The topological polar surface area (TPSA) is 24.9 Å². The standard InChI is InChI=1S/C8H10N2.C2H4.H2/c1-6-2-4-9-8-7(6)3-5-10-8;1-2;/h2,4H,3,5H2,1H3,(H,9,10);1-2H2;1H. The maximum absolute atomic E-state index is 4.21. The number of hydrogen-bond donors (Lipinski definition) is 1. The lowest BCUT2D eigenvalue weighted by molar-refractivity contribution is 1.09. The van der Waals surface area contributed by atoms with E-state index in [4.69, 9.17) is 0 Å². The van der Waals surface area contributed by atoms with Crippen LogP contribution in [0.15, 0.2) is 25.4 Å². The number of aromatic nitrogens is 1. The van der Waals surface area contributed by atoms with E-state index >= 15 is 0 Å². The Kier molecular flexibility index (Phi) is 2.86. The zero-order chi connectivity index (χ0) is 8.97. The number of nitrogens with one attached hydrogen (secondary N) is 1. The van der Waals surface area contributed by atoms with Gasteiger partial charge in [-0.2, -0.15) is 0 Å². The van der Waals surface area contributed by atoms with Crippen LogP contribution >= 0.6 is 0 Å².